The molecule has 4 saturated heterocycles. The van der Waals surface area contributed by atoms with Crippen LogP contribution in [0.2, 0.25) is 0 Å². The molecule has 16 aliphatic rings. The van der Waals surface area contributed by atoms with Crippen LogP contribution in [0.5, 0.6) is 0 Å². The molecule has 4 N–H and O–H groups in total. The zero-order chi connectivity index (χ0) is 55.5. The van der Waals surface area contributed by atoms with Gasteiger partial charge >= 0.3 is 0 Å². The van der Waals surface area contributed by atoms with Crippen molar-refractivity contribution in [1.82, 2.24) is 40.9 Å². The number of nitrogens with zero attached hydrogens (tertiary/aromatic N) is 4. The Labute approximate surface area is 515 Å². The first kappa shape index (κ1) is 58.7. The van der Waals surface area contributed by atoms with Crippen molar-refractivity contribution < 1.29 is 0 Å². The van der Waals surface area contributed by atoms with Crippen LogP contribution in [0.1, 0.15) is 308 Å². The van der Waals surface area contributed by atoms with Gasteiger partial charge in [0.1, 0.15) is 0 Å². The molecule has 4 heterocycles. The summed E-state index contributed by atoms with van der Waals surface area (Å²) in [5.74, 6) is 10.9. The van der Waals surface area contributed by atoms with Crippen LogP contribution >= 0.6 is 0 Å². The Balaban J connectivity index is 0.836. The fourth-order valence-corrected chi connectivity index (χ4v) is 27.1. The molecule has 12 aliphatic carbocycles. The van der Waals surface area contributed by atoms with Crippen LogP contribution in [0.3, 0.4) is 0 Å². The van der Waals surface area contributed by atoms with Gasteiger partial charge in [-0.3, -0.25) is 30.2 Å². The fraction of sp³-hybridized carbons (Fsp3) is 1.00. The zero-order valence-electron chi connectivity index (χ0n) is 54.2. The molecule has 8 heteroatoms. The Morgan fingerprint density at radius 2 is 0.500 bits per heavy atom. The van der Waals surface area contributed by atoms with Crippen LogP contribution in [0, 0.1) is 71.0 Å². The first-order valence-electron chi connectivity index (χ1n) is 39.8. The Kier molecular flexibility index (Phi) is 18.7. The van der Waals surface area contributed by atoms with Crippen molar-refractivity contribution in [3.63, 3.8) is 0 Å². The third-order valence-corrected chi connectivity index (χ3v) is 30.7. The summed E-state index contributed by atoms with van der Waals surface area (Å²) < 4.78 is 0. The summed E-state index contributed by atoms with van der Waals surface area (Å²) in [6.45, 7) is 2.62. The van der Waals surface area contributed by atoms with Crippen LogP contribution in [0.25, 0.3) is 0 Å². The van der Waals surface area contributed by atoms with Crippen molar-refractivity contribution in [3.8, 4) is 0 Å². The van der Waals surface area contributed by atoms with Crippen molar-refractivity contribution >= 4 is 0 Å². The summed E-state index contributed by atoms with van der Waals surface area (Å²) in [4.78, 5) is 14.1. The first-order chi connectivity index (χ1) is 41.7. The second kappa shape index (κ2) is 26.7. The highest BCUT2D eigenvalue weighted by molar-refractivity contribution is 5.17. The lowest BCUT2D eigenvalue weighted by atomic mass is 9.44. The van der Waals surface area contributed by atoms with Gasteiger partial charge in [0.25, 0.3) is 0 Å². The highest BCUT2D eigenvalue weighted by Gasteiger charge is 2.65. The van der Waals surface area contributed by atoms with E-state index >= 15 is 0 Å². The molecule has 12 saturated carbocycles. The molecule has 20 atom stereocenters. The standard InChI is InChI=1S/C76H130N8/c1-5-27-57(28-6-1)81(71-43-37-51-21-17-19-35-65(51)79-71)67-47-68(82(58-29-7-2-8-30-58)72-44-38-52-22-18-20-36-66(52)80-72)62-40-42-64-70(84(60-33-11-4-12-34-60)74-46-54-24-14-16-26-56(54)50-78-74)48-69(63-41-39-61(67)75(62)76(63)64)83(59-31-9-3-10-32-59)73-45-53-23-13-15-25-55(53)49-77-73/h51-80H,1-50H2. The van der Waals surface area contributed by atoms with E-state index in [0.29, 0.717) is 24.7 Å². The van der Waals surface area contributed by atoms with Crippen molar-refractivity contribution in [2.24, 2.45) is 71.0 Å². The van der Waals surface area contributed by atoms with E-state index in [0.717, 1.165) is 131 Å². The molecule has 0 aromatic rings. The van der Waals surface area contributed by atoms with Gasteiger partial charge in [0.05, 0.1) is 24.7 Å². The quantitative estimate of drug-likeness (QED) is 0.154. The maximum atomic E-state index is 4.74. The van der Waals surface area contributed by atoms with Crippen molar-refractivity contribution in [2.75, 3.05) is 13.1 Å². The summed E-state index contributed by atoms with van der Waals surface area (Å²) in [5, 5.41) is 18.7. The minimum atomic E-state index is 0.600. The summed E-state index contributed by atoms with van der Waals surface area (Å²) in [6.07, 6.45) is 73.7. The topological polar surface area (TPSA) is 61.1 Å². The first-order valence-corrected chi connectivity index (χ1v) is 39.8. The molecule has 0 aromatic carbocycles. The van der Waals surface area contributed by atoms with Gasteiger partial charge in [-0.05, 0) is 251 Å². The van der Waals surface area contributed by atoms with E-state index in [4.69, 9.17) is 10.6 Å². The van der Waals surface area contributed by atoms with Crippen LogP contribution in [0.15, 0.2) is 0 Å². The lowest BCUT2D eigenvalue weighted by Crippen LogP contribution is -2.74. The monoisotopic (exact) mass is 1160 g/mol. The maximum Gasteiger partial charge on any atom is 0.0605 e. The highest BCUT2D eigenvalue weighted by Crippen LogP contribution is 2.64. The van der Waals surface area contributed by atoms with Crippen molar-refractivity contribution in [2.45, 2.75) is 393 Å². The van der Waals surface area contributed by atoms with E-state index in [-0.39, 0.29) is 0 Å². The summed E-state index contributed by atoms with van der Waals surface area (Å²) >= 11 is 0. The van der Waals surface area contributed by atoms with E-state index in [1.165, 1.54) is 296 Å². The van der Waals surface area contributed by atoms with Gasteiger partial charge in [-0.2, -0.15) is 0 Å². The largest absolute Gasteiger partial charge is 0.301 e. The van der Waals surface area contributed by atoms with Gasteiger partial charge in [0, 0.05) is 60.4 Å². The second-order valence-electron chi connectivity index (χ2n) is 34.4. The molecule has 16 rings (SSSR count). The Morgan fingerprint density at radius 1 is 0.214 bits per heavy atom. The molecule has 16 fully saturated rings. The minimum Gasteiger partial charge on any atom is -0.301 e. The number of piperidine rings is 4. The van der Waals surface area contributed by atoms with Crippen LogP contribution in [-0.4, -0.2) is 118 Å². The highest BCUT2D eigenvalue weighted by atomic mass is 15.4. The summed E-state index contributed by atoms with van der Waals surface area (Å²) in [6, 6.07) is 7.63. The van der Waals surface area contributed by atoms with Gasteiger partial charge in [0.15, 0.2) is 0 Å². The molecule has 8 nitrogen and oxygen atoms in total. The number of rotatable bonds is 12. The molecule has 474 valence electrons. The molecule has 4 aliphatic heterocycles. The smallest absolute Gasteiger partial charge is 0.0605 e. The maximum absolute atomic E-state index is 4.74. The predicted octanol–water partition coefficient (Wildman–Crippen LogP) is 15.9. The van der Waals surface area contributed by atoms with Crippen molar-refractivity contribution in [1.29, 1.82) is 0 Å². The Hall–Kier alpha value is -0.320. The van der Waals surface area contributed by atoms with Gasteiger partial charge < -0.3 is 10.6 Å². The zero-order valence-corrected chi connectivity index (χ0v) is 54.2. The SMILES string of the molecule is C1CCC(N(C2CC3CCCCC3CN2)C2CC(N(C3CCCCC3)C3CC4CCCCC4CN3)C3CCC4C5C(CCC2C35)C(N(C2CCCCC2)C2CCC3CCCCC3N2)CC4N(C2CCCCC2)C2CCC3CCCCC3N2)CC1. The third-order valence-electron chi connectivity index (χ3n) is 30.7. The molecule has 84 heavy (non-hydrogen) atoms. The predicted molar refractivity (Wildman–Crippen MR) is 346 cm³/mol. The molecule has 0 amide bonds. The lowest BCUT2D eigenvalue weighted by molar-refractivity contribution is -0.201. The fourth-order valence-electron chi connectivity index (χ4n) is 27.1. The number of nitrogens with one attached hydrogen (secondary N) is 4. The van der Waals surface area contributed by atoms with Gasteiger partial charge in [-0.15, -0.1) is 0 Å². The van der Waals surface area contributed by atoms with Gasteiger partial charge in [-0.1, -0.05) is 141 Å². The number of hydrogen-bond acceptors (Lipinski definition) is 8. The third kappa shape index (κ3) is 11.6. The lowest BCUT2D eigenvalue weighted by Gasteiger charge is -2.69. The number of fused-ring (bicyclic) bond motifs is 4. The van der Waals surface area contributed by atoms with Crippen LogP contribution in [0.4, 0.5) is 0 Å². The van der Waals surface area contributed by atoms with E-state index in [2.05, 4.69) is 30.2 Å². The molecular weight excluding hydrogens is 1020 g/mol. The van der Waals surface area contributed by atoms with E-state index in [1.54, 1.807) is 25.7 Å². The van der Waals surface area contributed by atoms with E-state index < -0.39 is 0 Å². The second-order valence-corrected chi connectivity index (χ2v) is 34.4. The molecule has 0 bridgehead atoms. The molecule has 20 unspecified atom stereocenters. The average molecular weight is 1160 g/mol. The Bertz CT molecular complexity index is 1800. The summed E-state index contributed by atoms with van der Waals surface area (Å²) in [5.41, 5.74) is 0. The normalized spacial score (nSPS) is 47.6. The number of hydrogen-bond donors (Lipinski definition) is 4. The van der Waals surface area contributed by atoms with Crippen LogP contribution in [-0.2, 0) is 0 Å². The molecule has 0 spiro atoms. The minimum absolute atomic E-state index is 0.600. The van der Waals surface area contributed by atoms with Gasteiger partial charge in [0.2, 0.25) is 0 Å². The molecule has 0 aromatic heterocycles. The molecular formula is C76H130N8. The van der Waals surface area contributed by atoms with Gasteiger partial charge in [-0.25, -0.2) is 0 Å². The Morgan fingerprint density at radius 3 is 0.845 bits per heavy atom. The summed E-state index contributed by atoms with van der Waals surface area (Å²) in [7, 11) is 0. The average Bonchev–Trinajstić information content (AvgIpc) is 1.15. The molecule has 0 radical (unpaired) electrons. The van der Waals surface area contributed by atoms with Crippen LogP contribution < -0.4 is 21.3 Å². The van der Waals surface area contributed by atoms with E-state index in [9.17, 15) is 0 Å². The van der Waals surface area contributed by atoms with E-state index in [1.807, 2.05) is 0 Å². The van der Waals surface area contributed by atoms with Crippen molar-refractivity contribution in [3.05, 3.63) is 0 Å².